The number of likely N-dealkylation sites (tertiary alicyclic amines) is 1. The van der Waals surface area contributed by atoms with Crippen LogP contribution in [0.3, 0.4) is 0 Å². The number of aryl methyl sites for hydroxylation is 1. The zero-order valence-electron chi connectivity index (χ0n) is 20.2. The number of nitrogens with zero attached hydrogens (tertiary/aromatic N) is 4. The molecular formula is C28H32FN5O. The van der Waals surface area contributed by atoms with Gasteiger partial charge in [0.15, 0.2) is 5.82 Å². The Kier molecular flexibility index (Phi) is 6.75. The van der Waals surface area contributed by atoms with Gasteiger partial charge in [0.25, 0.3) is 5.91 Å². The zero-order valence-corrected chi connectivity index (χ0v) is 20.2. The highest BCUT2D eigenvalue weighted by atomic mass is 19.1. The van der Waals surface area contributed by atoms with Crippen molar-refractivity contribution in [1.29, 1.82) is 0 Å². The SMILES string of the molecule is Cc1ccc(-c2ncccn2)c(C(=O)N2CCC3(CCCC3)CC2CNc2ccc(CF)cn2)c1. The van der Waals surface area contributed by atoms with Gasteiger partial charge >= 0.3 is 0 Å². The Bertz CT molecular complexity index is 1160. The van der Waals surface area contributed by atoms with Crippen LogP contribution in [0, 0.1) is 12.3 Å². The van der Waals surface area contributed by atoms with Crippen molar-refractivity contribution in [2.45, 2.75) is 58.2 Å². The summed E-state index contributed by atoms with van der Waals surface area (Å²) in [7, 11) is 0. The molecule has 1 aliphatic carbocycles. The van der Waals surface area contributed by atoms with Gasteiger partial charge in [0.2, 0.25) is 0 Å². The van der Waals surface area contributed by atoms with Crippen molar-refractivity contribution in [1.82, 2.24) is 19.9 Å². The summed E-state index contributed by atoms with van der Waals surface area (Å²) < 4.78 is 12.9. The number of alkyl halides is 1. The van der Waals surface area contributed by atoms with E-state index >= 15 is 0 Å². The molecule has 1 atom stereocenters. The molecule has 1 aromatic carbocycles. The van der Waals surface area contributed by atoms with E-state index in [2.05, 4.69) is 20.3 Å². The molecule has 5 rings (SSSR count). The van der Waals surface area contributed by atoms with Gasteiger partial charge in [-0.05, 0) is 56.2 Å². The van der Waals surface area contributed by atoms with Crippen molar-refractivity contribution in [3.8, 4) is 11.4 Å². The molecule has 1 saturated carbocycles. The molecule has 1 saturated heterocycles. The standard InChI is InChI=1S/C28H32FN5O/c1-20-5-7-23(26-30-12-4-13-31-26)24(15-20)27(35)34-14-11-28(9-2-3-10-28)16-22(34)19-33-25-8-6-21(17-29)18-32-25/h4-8,12-13,15,18,22H,2-3,9-11,14,16-17,19H2,1H3,(H,32,33). The number of nitrogens with one attached hydrogen (secondary N) is 1. The van der Waals surface area contributed by atoms with E-state index < -0.39 is 6.67 Å². The van der Waals surface area contributed by atoms with E-state index in [-0.39, 0.29) is 11.9 Å². The fourth-order valence-electron chi connectivity index (χ4n) is 5.73. The molecule has 1 unspecified atom stereocenters. The number of anilines is 1. The van der Waals surface area contributed by atoms with Crippen molar-refractivity contribution < 1.29 is 9.18 Å². The maximum atomic E-state index is 14.0. The number of halogens is 1. The van der Waals surface area contributed by atoms with Gasteiger partial charge < -0.3 is 10.2 Å². The van der Waals surface area contributed by atoms with Crippen LogP contribution in [-0.4, -0.2) is 44.9 Å². The first-order valence-corrected chi connectivity index (χ1v) is 12.5. The topological polar surface area (TPSA) is 71.0 Å². The average molecular weight is 474 g/mol. The van der Waals surface area contributed by atoms with Crippen molar-refractivity contribution >= 4 is 11.7 Å². The molecule has 0 radical (unpaired) electrons. The first-order valence-electron chi connectivity index (χ1n) is 12.5. The number of carbonyl (C=O) groups is 1. The van der Waals surface area contributed by atoms with Gasteiger partial charge in [0, 0.05) is 48.8 Å². The Morgan fingerprint density at radius 3 is 2.63 bits per heavy atom. The van der Waals surface area contributed by atoms with Crippen molar-refractivity contribution in [3.05, 3.63) is 71.7 Å². The van der Waals surface area contributed by atoms with Crippen LogP contribution in [0.1, 0.15) is 60.0 Å². The van der Waals surface area contributed by atoms with Gasteiger partial charge in [-0.3, -0.25) is 4.79 Å². The maximum Gasteiger partial charge on any atom is 0.254 e. The molecule has 3 aromatic rings. The second-order valence-electron chi connectivity index (χ2n) is 10.0. The van der Waals surface area contributed by atoms with Crippen LogP contribution in [0.4, 0.5) is 10.2 Å². The minimum absolute atomic E-state index is 0.0246. The van der Waals surface area contributed by atoms with Crippen molar-refractivity contribution in [3.63, 3.8) is 0 Å². The molecule has 0 bridgehead atoms. The lowest BCUT2D eigenvalue weighted by atomic mass is 9.73. The molecule has 1 aliphatic heterocycles. The molecule has 1 spiro atoms. The first kappa shape index (κ1) is 23.4. The molecule has 7 heteroatoms. The molecule has 2 aromatic heterocycles. The third kappa shape index (κ3) is 5.04. The van der Waals surface area contributed by atoms with Crippen LogP contribution in [-0.2, 0) is 6.67 Å². The van der Waals surface area contributed by atoms with Gasteiger partial charge in [-0.25, -0.2) is 19.3 Å². The smallest absolute Gasteiger partial charge is 0.254 e. The van der Waals surface area contributed by atoms with Gasteiger partial charge in [-0.15, -0.1) is 0 Å². The lowest BCUT2D eigenvalue weighted by Crippen LogP contribution is -2.52. The number of hydrogen-bond acceptors (Lipinski definition) is 5. The largest absolute Gasteiger partial charge is 0.368 e. The number of aromatic nitrogens is 3. The highest BCUT2D eigenvalue weighted by Gasteiger charge is 2.43. The molecular weight excluding hydrogens is 441 g/mol. The highest BCUT2D eigenvalue weighted by Crippen LogP contribution is 2.48. The van der Waals surface area contributed by atoms with Crippen molar-refractivity contribution in [2.24, 2.45) is 5.41 Å². The van der Waals surface area contributed by atoms with E-state index in [1.807, 2.05) is 30.0 Å². The number of rotatable bonds is 6. The van der Waals surface area contributed by atoms with Crippen LogP contribution < -0.4 is 5.32 Å². The van der Waals surface area contributed by atoms with Crippen LogP contribution in [0.25, 0.3) is 11.4 Å². The Labute approximate surface area is 206 Å². The minimum atomic E-state index is -0.523. The second kappa shape index (κ2) is 10.1. The molecule has 182 valence electrons. The monoisotopic (exact) mass is 473 g/mol. The molecule has 1 amide bonds. The lowest BCUT2D eigenvalue weighted by molar-refractivity contribution is 0.0393. The van der Waals surface area contributed by atoms with Gasteiger partial charge in [-0.1, -0.05) is 36.6 Å². The summed E-state index contributed by atoms with van der Waals surface area (Å²) in [6.45, 7) is 2.83. The van der Waals surface area contributed by atoms with Crippen LogP contribution in [0.15, 0.2) is 55.0 Å². The van der Waals surface area contributed by atoms with E-state index in [4.69, 9.17) is 0 Å². The molecule has 2 fully saturated rings. The van der Waals surface area contributed by atoms with E-state index in [1.54, 1.807) is 36.8 Å². The summed E-state index contributed by atoms with van der Waals surface area (Å²) in [4.78, 5) is 29.2. The van der Waals surface area contributed by atoms with E-state index in [1.165, 1.54) is 25.7 Å². The lowest BCUT2D eigenvalue weighted by Gasteiger charge is -2.45. The van der Waals surface area contributed by atoms with E-state index in [0.717, 1.165) is 30.5 Å². The Balaban J connectivity index is 1.42. The number of piperidine rings is 1. The summed E-state index contributed by atoms with van der Waals surface area (Å²) >= 11 is 0. The average Bonchev–Trinajstić information content (AvgIpc) is 3.35. The quantitative estimate of drug-likeness (QED) is 0.505. The molecule has 35 heavy (non-hydrogen) atoms. The van der Waals surface area contributed by atoms with Crippen LogP contribution in [0.5, 0.6) is 0 Å². The third-order valence-corrected chi connectivity index (χ3v) is 7.63. The Hall–Kier alpha value is -3.35. The fourth-order valence-corrected chi connectivity index (χ4v) is 5.73. The fraction of sp³-hybridized carbons (Fsp3) is 0.429. The summed E-state index contributed by atoms with van der Waals surface area (Å²) in [6, 6.07) is 11.3. The number of hydrogen-bond donors (Lipinski definition) is 1. The van der Waals surface area contributed by atoms with Gasteiger partial charge in [-0.2, -0.15) is 0 Å². The normalized spacial score (nSPS) is 19.1. The number of benzene rings is 1. The molecule has 3 heterocycles. The number of pyridine rings is 1. The summed E-state index contributed by atoms with van der Waals surface area (Å²) in [6.07, 6.45) is 12.0. The van der Waals surface area contributed by atoms with Crippen LogP contribution in [0.2, 0.25) is 0 Å². The van der Waals surface area contributed by atoms with E-state index in [9.17, 15) is 9.18 Å². The molecule has 1 N–H and O–H groups in total. The van der Waals surface area contributed by atoms with E-state index in [0.29, 0.717) is 34.7 Å². The predicted molar refractivity (Wildman–Crippen MR) is 135 cm³/mol. The summed E-state index contributed by atoms with van der Waals surface area (Å²) in [5, 5.41) is 3.41. The maximum absolute atomic E-state index is 14.0. The van der Waals surface area contributed by atoms with Crippen LogP contribution >= 0.6 is 0 Å². The van der Waals surface area contributed by atoms with Gasteiger partial charge in [0.05, 0.1) is 5.56 Å². The zero-order chi connectivity index (χ0) is 24.3. The summed E-state index contributed by atoms with van der Waals surface area (Å²) in [5.74, 6) is 1.29. The van der Waals surface area contributed by atoms with Crippen molar-refractivity contribution in [2.75, 3.05) is 18.4 Å². The first-order chi connectivity index (χ1) is 17.1. The highest BCUT2D eigenvalue weighted by molar-refractivity contribution is 6.00. The third-order valence-electron chi connectivity index (χ3n) is 7.63. The predicted octanol–water partition coefficient (Wildman–Crippen LogP) is 5.59. The molecule has 2 aliphatic rings. The molecule has 6 nitrogen and oxygen atoms in total. The second-order valence-corrected chi connectivity index (χ2v) is 10.0. The van der Waals surface area contributed by atoms with Gasteiger partial charge in [0.1, 0.15) is 12.5 Å². The number of carbonyl (C=O) groups excluding carboxylic acids is 1. The summed E-state index contributed by atoms with van der Waals surface area (Å²) in [5.41, 5.74) is 3.33. The Morgan fingerprint density at radius 2 is 1.91 bits per heavy atom. The Morgan fingerprint density at radius 1 is 1.11 bits per heavy atom. The minimum Gasteiger partial charge on any atom is -0.368 e. The number of amides is 1.